The first-order valence-electron chi connectivity index (χ1n) is 4.56. The summed E-state index contributed by atoms with van der Waals surface area (Å²) in [5, 5.41) is 6.54. The third-order valence-corrected chi connectivity index (χ3v) is 2.10. The molecule has 1 aliphatic heterocycles. The maximum absolute atomic E-state index is 4.52. The Kier molecular flexibility index (Phi) is 2.55. The summed E-state index contributed by atoms with van der Waals surface area (Å²) in [7, 11) is 0. The third kappa shape index (κ3) is 1.68. The molecule has 0 bridgehead atoms. The maximum atomic E-state index is 4.52. The normalized spacial score (nSPS) is 18.0. The van der Waals surface area contributed by atoms with Crippen LogP contribution >= 0.6 is 0 Å². The summed E-state index contributed by atoms with van der Waals surface area (Å²) in [6.07, 6.45) is 0.954. The van der Waals surface area contributed by atoms with Crippen molar-refractivity contribution in [2.45, 2.75) is 40.2 Å². The lowest BCUT2D eigenvalue weighted by Gasteiger charge is -2.19. The Morgan fingerprint density at radius 2 is 1.92 bits per heavy atom. The van der Waals surface area contributed by atoms with Crippen LogP contribution in [0.4, 0.5) is 0 Å². The van der Waals surface area contributed by atoms with Crippen molar-refractivity contribution in [3.8, 4) is 0 Å². The second-order valence-electron chi connectivity index (χ2n) is 3.93. The van der Waals surface area contributed by atoms with Gasteiger partial charge >= 0.3 is 0 Å². The lowest BCUT2D eigenvalue weighted by molar-refractivity contribution is 0.311. The van der Waals surface area contributed by atoms with Crippen molar-refractivity contribution in [1.29, 1.82) is 0 Å². The van der Waals surface area contributed by atoms with Gasteiger partial charge in [0.05, 0.1) is 0 Å². The number of nitrogens with zero attached hydrogens (tertiary/aromatic N) is 2. The fourth-order valence-electron chi connectivity index (χ4n) is 1.33. The van der Waals surface area contributed by atoms with Gasteiger partial charge in [0, 0.05) is 23.9 Å². The van der Waals surface area contributed by atoms with Crippen molar-refractivity contribution in [3.63, 3.8) is 0 Å². The monoisotopic (exact) mass is 166 g/mol. The molecule has 0 aromatic carbocycles. The standard InChI is InChI=1S/C10H18N2/c1-7(2)10-6-9(5)12(11-10)8(3)4/h7-8H,5-6H2,1-4H3. The van der Waals surface area contributed by atoms with E-state index in [9.17, 15) is 0 Å². The van der Waals surface area contributed by atoms with E-state index in [1.807, 2.05) is 5.01 Å². The molecule has 0 N–H and O–H groups in total. The molecule has 0 aromatic rings. The van der Waals surface area contributed by atoms with Crippen molar-refractivity contribution in [3.05, 3.63) is 12.3 Å². The predicted octanol–water partition coefficient (Wildman–Crippen LogP) is 2.63. The summed E-state index contributed by atoms with van der Waals surface area (Å²) in [5.41, 5.74) is 2.39. The van der Waals surface area contributed by atoms with Gasteiger partial charge in [0.1, 0.15) is 0 Å². The molecule has 0 aliphatic carbocycles. The number of hydrogen-bond acceptors (Lipinski definition) is 2. The SMILES string of the molecule is C=C1CC(C(C)C)=NN1C(C)C. The summed E-state index contributed by atoms with van der Waals surface area (Å²) < 4.78 is 0. The van der Waals surface area contributed by atoms with E-state index in [2.05, 4.69) is 39.4 Å². The molecule has 1 aliphatic rings. The largest absolute Gasteiger partial charge is 0.267 e. The molecular weight excluding hydrogens is 148 g/mol. The average molecular weight is 166 g/mol. The molecule has 0 unspecified atom stereocenters. The van der Waals surface area contributed by atoms with E-state index in [4.69, 9.17) is 0 Å². The van der Waals surface area contributed by atoms with Crippen LogP contribution in [0.2, 0.25) is 0 Å². The van der Waals surface area contributed by atoms with Crippen LogP contribution in [0.5, 0.6) is 0 Å². The molecule has 0 atom stereocenters. The van der Waals surface area contributed by atoms with Crippen molar-refractivity contribution >= 4 is 5.71 Å². The third-order valence-electron chi connectivity index (χ3n) is 2.10. The minimum absolute atomic E-state index is 0.439. The van der Waals surface area contributed by atoms with Gasteiger partial charge in [0.25, 0.3) is 0 Å². The molecule has 0 radical (unpaired) electrons. The first kappa shape index (κ1) is 9.30. The Hall–Kier alpha value is -0.790. The number of allylic oxidation sites excluding steroid dienone is 1. The van der Waals surface area contributed by atoms with E-state index in [-0.39, 0.29) is 0 Å². The molecule has 0 aromatic heterocycles. The van der Waals surface area contributed by atoms with E-state index in [0.717, 1.165) is 12.1 Å². The van der Waals surface area contributed by atoms with E-state index < -0.39 is 0 Å². The molecule has 68 valence electrons. The number of hydrogen-bond donors (Lipinski definition) is 0. The lowest BCUT2D eigenvalue weighted by atomic mass is 10.1. The molecule has 0 saturated carbocycles. The molecule has 0 fully saturated rings. The van der Waals surface area contributed by atoms with Crippen LogP contribution in [0, 0.1) is 5.92 Å². The zero-order chi connectivity index (χ0) is 9.30. The molecule has 1 heterocycles. The second-order valence-corrected chi connectivity index (χ2v) is 3.93. The zero-order valence-electron chi connectivity index (χ0n) is 8.46. The Balaban J connectivity index is 2.73. The number of hydrazone groups is 1. The summed E-state index contributed by atoms with van der Waals surface area (Å²) in [4.78, 5) is 0. The average Bonchev–Trinajstić information content (AvgIpc) is 2.30. The highest BCUT2D eigenvalue weighted by Crippen LogP contribution is 2.23. The molecular formula is C10H18N2. The first-order chi connectivity index (χ1) is 5.52. The summed E-state index contributed by atoms with van der Waals surface area (Å²) in [5.74, 6) is 0.547. The molecule has 0 saturated heterocycles. The van der Waals surface area contributed by atoms with Crippen LogP contribution in [-0.2, 0) is 0 Å². The highest BCUT2D eigenvalue weighted by atomic mass is 15.5. The minimum Gasteiger partial charge on any atom is -0.267 e. The molecule has 12 heavy (non-hydrogen) atoms. The quantitative estimate of drug-likeness (QED) is 0.615. The molecule has 1 rings (SSSR count). The van der Waals surface area contributed by atoms with Crippen LogP contribution in [0.3, 0.4) is 0 Å². The topological polar surface area (TPSA) is 15.6 Å². The zero-order valence-corrected chi connectivity index (χ0v) is 8.46. The van der Waals surface area contributed by atoms with E-state index in [1.165, 1.54) is 5.71 Å². The molecule has 2 nitrogen and oxygen atoms in total. The first-order valence-corrected chi connectivity index (χ1v) is 4.56. The Bertz CT molecular complexity index is 214. The highest BCUT2D eigenvalue weighted by molar-refractivity contribution is 5.89. The highest BCUT2D eigenvalue weighted by Gasteiger charge is 2.22. The van der Waals surface area contributed by atoms with E-state index in [1.54, 1.807) is 0 Å². The fourth-order valence-corrected chi connectivity index (χ4v) is 1.33. The van der Waals surface area contributed by atoms with E-state index in [0.29, 0.717) is 12.0 Å². The molecule has 2 heteroatoms. The van der Waals surface area contributed by atoms with Crippen LogP contribution in [0.25, 0.3) is 0 Å². The van der Waals surface area contributed by atoms with E-state index >= 15 is 0 Å². The van der Waals surface area contributed by atoms with Crippen LogP contribution in [0.1, 0.15) is 34.1 Å². The van der Waals surface area contributed by atoms with Gasteiger partial charge in [0.2, 0.25) is 0 Å². The fraction of sp³-hybridized carbons (Fsp3) is 0.700. The van der Waals surface area contributed by atoms with Crippen LogP contribution in [0.15, 0.2) is 17.4 Å². The van der Waals surface area contributed by atoms with Gasteiger partial charge in [0.15, 0.2) is 0 Å². The Morgan fingerprint density at radius 3 is 2.17 bits per heavy atom. The molecule has 0 spiro atoms. The molecule has 0 amide bonds. The van der Waals surface area contributed by atoms with Gasteiger partial charge < -0.3 is 0 Å². The van der Waals surface area contributed by atoms with Crippen molar-refractivity contribution < 1.29 is 0 Å². The van der Waals surface area contributed by atoms with Crippen LogP contribution < -0.4 is 0 Å². The lowest BCUT2D eigenvalue weighted by Crippen LogP contribution is -2.20. The summed E-state index contributed by atoms with van der Waals surface area (Å²) in [6, 6.07) is 0.439. The van der Waals surface area contributed by atoms with Gasteiger partial charge in [-0.3, -0.25) is 5.01 Å². The Morgan fingerprint density at radius 1 is 1.33 bits per heavy atom. The van der Waals surface area contributed by atoms with Crippen molar-refractivity contribution in [1.82, 2.24) is 5.01 Å². The minimum atomic E-state index is 0.439. The van der Waals surface area contributed by atoms with Crippen LogP contribution in [-0.4, -0.2) is 16.8 Å². The Labute approximate surface area is 75.0 Å². The second kappa shape index (κ2) is 3.30. The number of rotatable bonds is 2. The van der Waals surface area contributed by atoms with Gasteiger partial charge in [-0.2, -0.15) is 5.10 Å². The maximum Gasteiger partial charge on any atom is 0.0469 e. The van der Waals surface area contributed by atoms with Crippen molar-refractivity contribution in [2.24, 2.45) is 11.0 Å². The summed E-state index contributed by atoms with van der Waals surface area (Å²) in [6.45, 7) is 12.6. The van der Waals surface area contributed by atoms with Gasteiger partial charge in [-0.25, -0.2) is 0 Å². The van der Waals surface area contributed by atoms with Gasteiger partial charge in [-0.05, 0) is 19.8 Å². The van der Waals surface area contributed by atoms with Gasteiger partial charge in [-0.15, -0.1) is 0 Å². The predicted molar refractivity (Wildman–Crippen MR) is 53.0 cm³/mol. The summed E-state index contributed by atoms with van der Waals surface area (Å²) >= 11 is 0. The van der Waals surface area contributed by atoms with Crippen molar-refractivity contribution in [2.75, 3.05) is 0 Å². The smallest absolute Gasteiger partial charge is 0.0469 e. The van der Waals surface area contributed by atoms with Gasteiger partial charge in [-0.1, -0.05) is 20.4 Å².